The van der Waals surface area contributed by atoms with Crippen LogP contribution < -0.4 is 10.6 Å². The second-order valence-corrected chi connectivity index (χ2v) is 10.0. The fourth-order valence-electron chi connectivity index (χ4n) is 4.84. The average Bonchev–Trinajstić information content (AvgIpc) is 3.46. The number of carbonyl (C=O) groups is 1. The van der Waals surface area contributed by atoms with Gasteiger partial charge >= 0.3 is 0 Å². The van der Waals surface area contributed by atoms with E-state index in [-0.39, 0.29) is 11.8 Å². The van der Waals surface area contributed by atoms with Crippen LogP contribution in [0.2, 0.25) is 0 Å². The van der Waals surface area contributed by atoms with E-state index in [1.54, 1.807) is 22.0 Å². The van der Waals surface area contributed by atoms with Crippen LogP contribution in [0, 0.1) is 0 Å². The molecule has 0 spiro atoms. The Morgan fingerprint density at radius 1 is 1.19 bits per heavy atom. The standard InChI is InChI=1S/C27H29N7O2/c1-15(2)24-23(12-33(3)32-24)34(27(35)18-9-29-26(30-10-18)17-5-6-17)11-16-4-7-19-20-13-36-14-21(20)25(28)31-22(19)8-16/h4,7-10,12,15,17H,5-6,11,13-14H2,1-3H3,(H2,28,31). The van der Waals surface area contributed by atoms with E-state index in [0.29, 0.717) is 37.1 Å². The molecule has 9 heteroatoms. The van der Waals surface area contributed by atoms with Crippen molar-refractivity contribution in [2.45, 2.75) is 58.3 Å². The summed E-state index contributed by atoms with van der Waals surface area (Å²) in [6.45, 7) is 5.53. The molecule has 4 aromatic rings. The SMILES string of the molecule is CC(C)c1nn(C)cc1N(Cc1ccc2c3c(c(N)nc2c1)COC3)C(=O)c1cnc(C2CC2)nc1. The highest BCUT2D eigenvalue weighted by Gasteiger charge is 2.29. The lowest BCUT2D eigenvalue weighted by Crippen LogP contribution is -2.31. The molecule has 0 atom stereocenters. The molecule has 1 amide bonds. The number of hydrogen-bond donors (Lipinski definition) is 1. The van der Waals surface area contributed by atoms with Crippen LogP contribution in [0.3, 0.4) is 0 Å². The second kappa shape index (κ2) is 8.67. The van der Waals surface area contributed by atoms with E-state index in [9.17, 15) is 4.79 Å². The fraction of sp³-hybridized carbons (Fsp3) is 0.370. The van der Waals surface area contributed by atoms with Crippen molar-refractivity contribution in [1.29, 1.82) is 0 Å². The number of nitrogens with zero attached hydrogens (tertiary/aromatic N) is 6. The molecule has 2 N–H and O–H groups in total. The Morgan fingerprint density at radius 3 is 2.67 bits per heavy atom. The summed E-state index contributed by atoms with van der Waals surface area (Å²) in [5.74, 6) is 1.73. The molecule has 184 valence electrons. The molecule has 3 aromatic heterocycles. The molecular formula is C27H29N7O2. The number of aryl methyl sites for hydroxylation is 1. The Hall–Kier alpha value is -3.85. The van der Waals surface area contributed by atoms with Gasteiger partial charge in [0.25, 0.3) is 5.91 Å². The van der Waals surface area contributed by atoms with Gasteiger partial charge in [-0.1, -0.05) is 26.0 Å². The first-order valence-electron chi connectivity index (χ1n) is 12.3. The van der Waals surface area contributed by atoms with E-state index < -0.39 is 0 Å². The first-order valence-corrected chi connectivity index (χ1v) is 12.3. The predicted octanol–water partition coefficient (Wildman–Crippen LogP) is 4.22. The fourth-order valence-corrected chi connectivity index (χ4v) is 4.84. The quantitative estimate of drug-likeness (QED) is 0.437. The lowest BCUT2D eigenvalue weighted by atomic mass is 10.0. The van der Waals surface area contributed by atoms with Crippen molar-refractivity contribution in [3.63, 3.8) is 0 Å². The molecule has 1 aromatic carbocycles. The molecule has 36 heavy (non-hydrogen) atoms. The zero-order valence-electron chi connectivity index (χ0n) is 20.7. The van der Waals surface area contributed by atoms with Crippen molar-refractivity contribution < 1.29 is 9.53 Å². The third-order valence-electron chi connectivity index (χ3n) is 6.92. The molecule has 0 radical (unpaired) electrons. The van der Waals surface area contributed by atoms with Crippen LogP contribution in [0.15, 0.2) is 36.8 Å². The Labute approximate surface area is 209 Å². The second-order valence-electron chi connectivity index (χ2n) is 10.0. The van der Waals surface area contributed by atoms with Crippen LogP contribution in [-0.2, 0) is 31.5 Å². The predicted molar refractivity (Wildman–Crippen MR) is 136 cm³/mol. The number of amides is 1. The van der Waals surface area contributed by atoms with E-state index in [0.717, 1.165) is 57.6 Å². The summed E-state index contributed by atoms with van der Waals surface area (Å²) < 4.78 is 7.36. The van der Waals surface area contributed by atoms with Gasteiger partial charge in [0.05, 0.1) is 42.2 Å². The van der Waals surface area contributed by atoms with Crippen molar-refractivity contribution in [3.8, 4) is 0 Å². The summed E-state index contributed by atoms with van der Waals surface area (Å²) in [5, 5.41) is 5.68. The third-order valence-corrected chi connectivity index (χ3v) is 6.92. The topological polar surface area (TPSA) is 112 Å². The number of benzene rings is 1. The number of rotatable bonds is 6. The molecule has 9 nitrogen and oxygen atoms in total. The maximum Gasteiger partial charge on any atom is 0.261 e. The number of fused-ring (bicyclic) bond motifs is 3. The van der Waals surface area contributed by atoms with Gasteiger partial charge < -0.3 is 15.4 Å². The first kappa shape index (κ1) is 22.6. The van der Waals surface area contributed by atoms with Gasteiger partial charge in [0.1, 0.15) is 11.6 Å². The summed E-state index contributed by atoms with van der Waals surface area (Å²) in [4.78, 5) is 29.2. The number of pyridine rings is 1. The Balaban J connectivity index is 1.40. The maximum absolute atomic E-state index is 13.9. The Bertz CT molecular complexity index is 1470. The van der Waals surface area contributed by atoms with Gasteiger partial charge in [-0.2, -0.15) is 5.10 Å². The largest absolute Gasteiger partial charge is 0.383 e. The molecule has 6 rings (SSSR count). The number of carbonyl (C=O) groups excluding carboxylic acids is 1. The van der Waals surface area contributed by atoms with E-state index in [4.69, 9.17) is 10.5 Å². The number of ether oxygens (including phenoxy) is 1. The number of nitrogens with two attached hydrogens (primary N) is 1. The molecule has 1 aliphatic heterocycles. The van der Waals surface area contributed by atoms with E-state index in [2.05, 4.69) is 33.9 Å². The van der Waals surface area contributed by atoms with E-state index in [1.807, 2.05) is 31.4 Å². The van der Waals surface area contributed by atoms with Gasteiger partial charge in [0.2, 0.25) is 0 Å². The van der Waals surface area contributed by atoms with Crippen molar-refractivity contribution in [2.24, 2.45) is 7.05 Å². The molecule has 2 aliphatic rings. The molecule has 0 saturated heterocycles. The highest BCUT2D eigenvalue weighted by molar-refractivity contribution is 6.06. The van der Waals surface area contributed by atoms with Crippen LogP contribution in [0.4, 0.5) is 11.5 Å². The minimum atomic E-state index is -0.165. The third kappa shape index (κ3) is 3.99. The van der Waals surface area contributed by atoms with Crippen molar-refractivity contribution >= 4 is 28.3 Å². The van der Waals surface area contributed by atoms with Crippen LogP contribution in [-0.4, -0.2) is 30.6 Å². The van der Waals surface area contributed by atoms with Gasteiger partial charge in [0.15, 0.2) is 0 Å². The number of hydrogen-bond acceptors (Lipinski definition) is 7. The molecule has 0 unspecified atom stereocenters. The maximum atomic E-state index is 13.9. The zero-order chi connectivity index (χ0) is 25.0. The van der Waals surface area contributed by atoms with Gasteiger partial charge in [-0.15, -0.1) is 0 Å². The van der Waals surface area contributed by atoms with Crippen molar-refractivity contribution in [2.75, 3.05) is 10.6 Å². The van der Waals surface area contributed by atoms with Crippen LogP contribution in [0.5, 0.6) is 0 Å². The minimum Gasteiger partial charge on any atom is -0.383 e. The molecule has 1 fully saturated rings. The normalized spacial score (nSPS) is 15.0. The Morgan fingerprint density at radius 2 is 1.94 bits per heavy atom. The summed E-state index contributed by atoms with van der Waals surface area (Å²) in [7, 11) is 1.87. The highest BCUT2D eigenvalue weighted by Crippen LogP contribution is 2.38. The lowest BCUT2D eigenvalue weighted by Gasteiger charge is -2.24. The summed E-state index contributed by atoms with van der Waals surface area (Å²) in [5.41, 5.74) is 12.1. The van der Waals surface area contributed by atoms with Crippen molar-refractivity contribution in [3.05, 3.63) is 70.6 Å². The molecule has 1 saturated carbocycles. The molecule has 4 heterocycles. The van der Waals surface area contributed by atoms with E-state index >= 15 is 0 Å². The lowest BCUT2D eigenvalue weighted by molar-refractivity contribution is 0.0984. The minimum absolute atomic E-state index is 0.144. The van der Waals surface area contributed by atoms with Gasteiger partial charge in [-0.05, 0) is 36.0 Å². The molecule has 1 aliphatic carbocycles. The summed E-state index contributed by atoms with van der Waals surface area (Å²) in [6, 6.07) is 6.09. The number of nitrogen functional groups attached to an aromatic ring is 1. The average molecular weight is 484 g/mol. The smallest absolute Gasteiger partial charge is 0.261 e. The molecular weight excluding hydrogens is 454 g/mol. The highest BCUT2D eigenvalue weighted by atomic mass is 16.5. The van der Waals surface area contributed by atoms with Gasteiger partial charge in [-0.3, -0.25) is 9.48 Å². The zero-order valence-corrected chi connectivity index (χ0v) is 20.7. The summed E-state index contributed by atoms with van der Waals surface area (Å²) >= 11 is 0. The van der Waals surface area contributed by atoms with E-state index in [1.165, 1.54) is 0 Å². The molecule has 0 bridgehead atoms. The number of anilines is 2. The summed E-state index contributed by atoms with van der Waals surface area (Å²) in [6.07, 6.45) is 7.42. The monoisotopic (exact) mass is 483 g/mol. The Kier molecular flexibility index (Phi) is 5.44. The van der Waals surface area contributed by atoms with Crippen LogP contribution in [0.25, 0.3) is 10.9 Å². The van der Waals surface area contributed by atoms with Crippen molar-refractivity contribution in [1.82, 2.24) is 24.7 Å². The van der Waals surface area contributed by atoms with Gasteiger partial charge in [0, 0.05) is 42.5 Å². The van der Waals surface area contributed by atoms with Crippen LogP contribution >= 0.6 is 0 Å². The first-order chi connectivity index (χ1) is 17.4. The van der Waals surface area contributed by atoms with Gasteiger partial charge in [-0.25, -0.2) is 15.0 Å². The number of aromatic nitrogens is 5. The van der Waals surface area contributed by atoms with Crippen LogP contribution in [0.1, 0.15) is 77.1 Å².